The Morgan fingerprint density at radius 3 is 2.48 bits per heavy atom. The summed E-state index contributed by atoms with van der Waals surface area (Å²) in [5.41, 5.74) is -0.514. The van der Waals surface area contributed by atoms with Crippen LogP contribution in [-0.4, -0.2) is 34.8 Å². The van der Waals surface area contributed by atoms with Gasteiger partial charge in [0.1, 0.15) is 11.6 Å². The number of hydrogen-bond donors (Lipinski definition) is 1. The minimum Gasteiger partial charge on any atom is -0.342 e. The van der Waals surface area contributed by atoms with Gasteiger partial charge in [0.2, 0.25) is 11.8 Å². The molecule has 0 bridgehead atoms. The zero-order valence-corrected chi connectivity index (χ0v) is 13.4. The third-order valence-electron chi connectivity index (χ3n) is 5.45. The SMILES string of the molecule is CC(C)CCCN1C(=O)C(C2CC2)NC(=O)C12CCCC2. The van der Waals surface area contributed by atoms with Crippen molar-refractivity contribution in [3.8, 4) is 0 Å². The average Bonchev–Trinajstić information content (AvgIpc) is 3.16. The average molecular weight is 292 g/mol. The van der Waals surface area contributed by atoms with Gasteiger partial charge in [-0.25, -0.2) is 0 Å². The highest BCUT2D eigenvalue weighted by Crippen LogP contribution is 2.42. The van der Waals surface area contributed by atoms with Crippen molar-refractivity contribution in [3.63, 3.8) is 0 Å². The topological polar surface area (TPSA) is 49.4 Å². The number of amides is 2. The number of piperazine rings is 1. The molecule has 1 unspecified atom stereocenters. The van der Waals surface area contributed by atoms with E-state index in [4.69, 9.17) is 0 Å². The molecule has 2 aliphatic carbocycles. The van der Waals surface area contributed by atoms with Gasteiger partial charge >= 0.3 is 0 Å². The van der Waals surface area contributed by atoms with Crippen LogP contribution in [-0.2, 0) is 9.59 Å². The first-order chi connectivity index (χ1) is 10.0. The second-order valence-electron chi connectivity index (χ2n) is 7.55. The number of rotatable bonds is 5. The molecular formula is C17H28N2O2. The standard InChI is InChI=1S/C17H28N2O2/c1-12(2)6-5-11-19-15(20)14(13-7-8-13)18-16(21)17(19)9-3-4-10-17/h12-14H,3-11H2,1-2H3,(H,18,21). The van der Waals surface area contributed by atoms with Crippen LogP contribution in [0.15, 0.2) is 0 Å². The van der Waals surface area contributed by atoms with Crippen LogP contribution in [0.5, 0.6) is 0 Å². The lowest BCUT2D eigenvalue weighted by Gasteiger charge is -2.46. The molecule has 1 saturated heterocycles. The van der Waals surface area contributed by atoms with Crippen molar-refractivity contribution in [1.29, 1.82) is 0 Å². The van der Waals surface area contributed by atoms with Crippen LogP contribution in [0.2, 0.25) is 0 Å². The summed E-state index contributed by atoms with van der Waals surface area (Å²) in [6.45, 7) is 5.18. The minimum atomic E-state index is -0.514. The molecule has 1 N–H and O–H groups in total. The van der Waals surface area contributed by atoms with Crippen molar-refractivity contribution >= 4 is 11.8 Å². The molecular weight excluding hydrogens is 264 g/mol. The summed E-state index contributed by atoms with van der Waals surface area (Å²) in [6, 6.07) is -0.234. The Labute approximate surface area is 127 Å². The maximum absolute atomic E-state index is 12.9. The van der Waals surface area contributed by atoms with E-state index < -0.39 is 5.54 Å². The molecule has 1 heterocycles. The van der Waals surface area contributed by atoms with Crippen molar-refractivity contribution in [2.24, 2.45) is 11.8 Å². The van der Waals surface area contributed by atoms with Crippen molar-refractivity contribution in [3.05, 3.63) is 0 Å². The van der Waals surface area contributed by atoms with Crippen molar-refractivity contribution < 1.29 is 9.59 Å². The summed E-state index contributed by atoms with van der Waals surface area (Å²) in [5, 5.41) is 3.06. The quantitative estimate of drug-likeness (QED) is 0.846. The van der Waals surface area contributed by atoms with Gasteiger partial charge < -0.3 is 10.2 Å². The molecule has 0 aromatic heterocycles. The Kier molecular flexibility index (Phi) is 3.98. The summed E-state index contributed by atoms with van der Waals surface area (Å²) in [6.07, 6.45) is 8.14. The van der Waals surface area contributed by atoms with Crippen LogP contribution in [0.3, 0.4) is 0 Å². The molecule has 1 atom stereocenters. The highest BCUT2D eigenvalue weighted by atomic mass is 16.2. The number of carbonyl (C=O) groups excluding carboxylic acids is 2. The first kappa shape index (κ1) is 14.9. The van der Waals surface area contributed by atoms with E-state index in [1.54, 1.807) is 0 Å². The zero-order chi connectivity index (χ0) is 15.0. The molecule has 2 amide bonds. The fourth-order valence-corrected chi connectivity index (χ4v) is 4.03. The third kappa shape index (κ3) is 2.69. The number of hydrogen-bond acceptors (Lipinski definition) is 2. The largest absolute Gasteiger partial charge is 0.342 e. The molecule has 4 heteroatoms. The predicted molar refractivity (Wildman–Crippen MR) is 81.6 cm³/mol. The maximum Gasteiger partial charge on any atom is 0.246 e. The molecule has 1 spiro atoms. The summed E-state index contributed by atoms with van der Waals surface area (Å²) in [4.78, 5) is 27.6. The van der Waals surface area contributed by atoms with Gasteiger partial charge in [0.25, 0.3) is 0 Å². The zero-order valence-electron chi connectivity index (χ0n) is 13.4. The van der Waals surface area contributed by atoms with E-state index >= 15 is 0 Å². The first-order valence-electron chi connectivity index (χ1n) is 8.67. The molecule has 1 aliphatic heterocycles. The number of nitrogens with one attached hydrogen (secondary N) is 1. The Morgan fingerprint density at radius 1 is 1.24 bits per heavy atom. The molecule has 2 saturated carbocycles. The molecule has 118 valence electrons. The molecule has 3 aliphatic rings. The van der Waals surface area contributed by atoms with Crippen LogP contribution >= 0.6 is 0 Å². The molecule has 4 nitrogen and oxygen atoms in total. The van der Waals surface area contributed by atoms with E-state index in [0.717, 1.165) is 57.9 Å². The number of nitrogens with zero attached hydrogens (tertiary/aromatic N) is 1. The second kappa shape index (κ2) is 5.62. The van der Waals surface area contributed by atoms with E-state index in [2.05, 4.69) is 19.2 Å². The lowest BCUT2D eigenvalue weighted by Crippen LogP contribution is -2.70. The van der Waals surface area contributed by atoms with Crippen LogP contribution in [0.1, 0.15) is 65.2 Å². The van der Waals surface area contributed by atoms with E-state index in [1.807, 2.05) is 4.90 Å². The van der Waals surface area contributed by atoms with Gasteiger partial charge in [0.15, 0.2) is 0 Å². The second-order valence-corrected chi connectivity index (χ2v) is 7.55. The van der Waals surface area contributed by atoms with Crippen molar-refractivity contribution in [2.45, 2.75) is 76.8 Å². The van der Waals surface area contributed by atoms with Crippen LogP contribution < -0.4 is 5.32 Å². The molecule has 3 rings (SSSR count). The van der Waals surface area contributed by atoms with Gasteiger partial charge in [-0.05, 0) is 50.4 Å². The van der Waals surface area contributed by atoms with E-state index in [9.17, 15) is 9.59 Å². The molecule has 3 fully saturated rings. The predicted octanol–water partition coefficient (Wildman–Crippen LogP) is 2.47. The van der Waals surface area contributed by atoms with E-state index in [0.29, 0.717) is 11.8 Å². The fraction of sp³-hybridized carbons (Fsp3) is 0.882. The molecule has 0 aromatic rings. The highest BCUT2D eigenvalue weighted by molar-refractivity contribution is 6.00. The van der Waals surface area contributed by atoms with Gasteiger partial charge in [0.05, 0.1) is 0 Å². The maximum atomic E-state index is 12.9. The summed E-state index contributed by atoms with van der Waals surface area (Å²) < 4.78 is 0. The molecule has 21 heavy (non-hydrogen) atoms. The van der Waals surface area contributed by atoms with Crippen molar-refractivity contribution in [2.75, 3.05) is 6.54 Å². The van der Waals surface area contributed by atoms with Gasteiger partial charge in [-0.1, -0.05) is 26.7 Å². The van der Waals surface area contributed by atoms with Gasteiger partial charge in [-0.3, -0.25) is 9.59 Å². The molecule has 0 radical (unpaired) electrons. The van der Waals surface area contributed by atoms with E-state index in [-0.39, 0.29) is 17.9 Å². The minimum absolute atomic E-state index is 0.126. The monoisotopic (exact) mass is 292 g/mol. The third-order valence-corrected chi connectivity index (χ3v) is 5.45. The summed E-state index contributed by atoms with van der Waals surface area (Å²) in [5.74, 6) is 1.37. The van der Waals surface area contributed by atoms with E-state index in [1.165, 1.54) is 0 Å². The smallest absolute Gasteiger partial charge is 0.246 e. The Hall–Kier alpha value is -1.06. The number of carbonyl (C=O) groups is 2. The molecule has 0 aromatic carbocycles. The van der Waals surface area contributed by atoms with Crippen LogP contribution in [0.4, 0.5) is 0 Å². The Morgan fingerprint density at radius 2 is 1.90 bits per heavy atom. The Bertz CT molecular complexity index is 423. The summed E-state index contributed by atoms with van der Waals surface area (Å²) >= 11 is 0. The first-order valence-corrected chi connectivity index (χ1v) is 8.67. The van der Waals surface area contributed by atoms with Gasteiger partial charge in [0, 0.05) is 6.54 Å². The van der Waals surface area contributed by atoms with Crippen LogP contribution in [0, 0.1) is 11.8 Å². The Balaban J connectivity index is 1.77. The van der Waals surface area contributed by atoms with Crippen LogP contribution in [0.25, 0.3) is 0 Å². The van der Waals surface area contributed by atoms with Gasteiger partial charge in [-0.2, -0.15) is 0 Å². The van der Waals surface area contributed by atoms with Crippen molar-refractivity contribution in [1.82, 2.24) is 10.2 Å². The fourth-order valence-electron chi connectivity index (χ4n) is 4.03. The lowest BCUT2D eigenvalue weighted by atomic mass is 9.88. The van der Waals surface area contributed by atoms with Gasteiger partial charge in [-0.15, -0.1) is 0 Å². The lowest BCUT2D eigenvalue weighted by molar-refractivity contribution is -0.158. The summed E-state index contributed by atoms with van der Waals surface area (Å²) in [7, 11) is 0. The highest BCUT2D eigenvalue weighted by Gasteiger charge is 2.55. The normalized spacial score (nSPS) is 28.5.